The fraction of sp³-hybridized carbons (Fsp3) is 0.273. The van der Waals surface area contributed by atoms with Crippen LogP contribution >= 0.6 is 0 Å². The molecular weight excluding hydrogens is 312 g/mol. The molecule has 3 heteroatoms. The van der Waals surface area contributed by atoms with Gasteiger partial charge in [0.15, 0.2) is 0 Å². The minimum atomic E-state index is -0.756. The van der Waals surface area contributed by atoms with Crippen molar-refractivity contribution in [1.29, 1.82) is 0 Å². The van der Waals surface area contributed by atoms with Gasteiger partial charge < -0.3 is 4.74 Å². The lowest BCUT2D eigenvalue weighted by atomic mass is 9.92. The summed E-state index contributed by atoms with van der Waals surface area (Å²) >= 11 is 0. The molecule has 2 aromatic rings. The maximum absolute atomic E-state index is 12.1. The van der Waals surface area contributed by atoms with Gasteiger partial charge in [-0.2, -0.15) is 0 Å². The van der Waals surface area contributed by atoms with E-state index in [0.717, 1.165) is 16.7 Å². The van der Waals surface area contributed by atoms with E-state index in [1.54, 1.807) is 6.92 Å². The number of benzene rings is 2. The molecule has 0 aliphatic carbocycles. The summed E-state index contributed by atoms with van der Waals surface area (Å²) in [6.07, 6.45) is 4.40. The summed E-state index contributed by atoms with van der Waals surface area (Å²) < 4.78 is 5.04. The van der Waals surface area contributed by atoms with Gasteiger partial charge in [0.1, 0.15) is 11.7 Å². The van der Waals surface area contributed by atoms with Crippen LogP contribution in [0, 0.1) is 12.8 Å². The fourth-order valence-electron chi connectivity index (χ4n) is 2.60. The molecule has 0 aliphatic rings. The van der Waals surface area contributed by atoms with Gasteiger partial charge in [0, 0.05) is 0 Å². The van der Waals surface area contributed by atoms with Gasteiger partial charge in [-0.3, -0.25) is 9.59 Å². The highest BCUT2D eigenvalue weighted by Crippen LogP contribution is 2.19. The largest absolute Gasteiger partial charge is 0.465 e. The first-order valence-corrected chi connectivity index (χ1v) is 8.51. The zero-order valence-corrected chi connectivity index (χ0v) is 15.0. The number of carbonyl (C=O) groups is 2. The second kappa shape index (κ2) is 8.97. The van der Waals surface area contributed by atoms with Gasteiger partial charge >= 0.3 is 5.97 Å². The predicted molar refractivity (Wildman–Crippen MR) is 101 cm³/mol. The summed E-state index contributed by atoms with van der Waals surface area (Å²) in [4.78, 5) is 23.9. The standard InChI is InChI=1S/C22H24O3/c1-4-25-22(24)21(17(3)23)15-20-8-6-5-7-19(20)14-13-18-11-9-16(2)10-12-18/h5-14,21H,4,15H2,1-3H3/b14-13+. The van der Waals surface area contributed by atoms with Crippen molar-refractivity contribution < 1.29 is 14.3 Å². The molecule has 25 heavy (non-hydrogen) atoms. The van der Waals surface area contributed by atoms with Crippen LogP contribution in [0.3, 0.4) is 0 Å². The normalized spacial score (nSPS) is 12.1. The van der Waals surface area contributed by atoms with Gasteiger partial charge in [-0.25, -0.2) is 0 Å². The van der Waals surface area contributed by atoms with E-state index in [1.807, 2.05) is 36.4 Å². The van der Waals surface area contributed by atoms with Crippen LogP contribution in [0.15, 0.2) is 48.5 Å². The minimum absolute atomic E-state index is 0.171. The quantitative estimate of drug-likeness (QED) is 0.425. The number of hydrogen-bond acceptors (Lipinski definition) is 3. The van der Waals surface area contributed by atoms with E-state index in [2.05, 4.69) is 31.2 Å². The van der Waals surface area contributed by atoms with Gasteiger partial charge in [0.2, 0.25) is 0 Å². The molecule has 0 bridgehead atoms. The van der Waals surface area contributed by atoms with E-state index >= 15 is 0 Å². The summed E-state index contributed by atoms with van der Waals surface area (Å²) in [5.41, 5.74) is 4.28. The number of rotatable bonds is 7. The maximum atomic E-state index is 12.1. The Hall–Kier alpha value is -2.68. The van der Waals surface area contributed by atoms with Crippen LogP contribution in [0.2, 0.25) is 0 Å². The van der Waals surface area contributed by atoms with Crippen LogP contribution in [0.25, 0.3) is 12.2 Å². The van der Waals surface area contributed by atoms with Crippen molar-refractivity contribution >= 4 is 23.9 Å². The second-order valence-corrected chi connectivity index (χ2v) is 6.06. The topological polar surface area (TPSA) is 43.4 Å². The predicted octanol–water partition coefficient (Wildman–Crippen LogP) is 4.48. The van der Waals surface area contributed by atoms with Crippen LogP contribution in [-0.4, -0.2) is 18.4 Å². The Balaban J connectivity index is 2.23. The molecule has 1 unspecified atom stereocenters. The molecule has 130 valence electrons. The number of Topliss-reactive ketones (excluding diaryl/α,β-unsaturated/α-hetero) is 1. The van der Waals surface area contributed by atoms with E-state index in [1.165, 1.54) is 12.5 Å². The SMILES string of the molecule is CCOC(=O)C(Cc1ccccc1/C=C/c1ccc(C)cc1)C(C)=O. The Labute approximate surface area is 149 Å². The first-order chi connectivity index (χ1) is 12.0. The molecule has 0 amide bonds. The van der Waals surface area contributed by atoms with Crippen molar-refractivity contribution in [2.75, 3.05) is 6.61 Å². The van der Waals surface area contributed by atoms with E-state index in [0.29, 0.717) is 6.42 Å². The van der Waals surface area contributed by atoms with Crippen LogP contribution in [0.4, 0.5) is 0 Å². The number of ether oxygens (including phenoxy) is 1. The maximum Gasteiger partial charge on any atom is 0.316 e. The molecule has 0 spiro atoms. The first-order valence-electron chi connectivity index (χ1n) is 8.51. The fourth-order valence-corrected chi connectivity index (χ4v) is 2.60. The Bertz CT molecular complexity index is 757. The van der Waals surface area contributed by atoms with Crippen molar-refractivity contribution in [3.8, 4) is 0 Å². The van der Waals surface area contributed by atoms with Gasteiger partial charge in [-0.15, -0.1) is 0 Å². The Morgan fingerprint density at radius 3 is 2.36 bits per heavy atom. The highest BCUT2D eigenvalue weighted by molar-refractivity contribution is 5.98. The third-order valence-corrected chi connectivity index (χ3v) is 4.07. The molecule has 0 radical (unpaired) electrons. The van der Waals surface area contributed by atoms with Crippen LogP contribution < -0.4 is 0 Å². The van der Waals surface area contributed by atoms with Crippen LogP contribution in [0.1, 0.15) is 36.1 Å². The summed E-state index contributed by atoms with van der Waals surface area (Å²) in [6.45, 7) is 5.51. The second-order valence-electron chi connectivity index (χ2n) is 6.06. The molecule has 0 heterocycles. The van der Waals surface area contributed by atoms with E-state index in [9.17, 15) is 9.59 Å². The molecule has 2 aromatic carbocycles. The minimum Gasteiger partial charge on any atom is -0.465 e. The summed E-state index contributed by atoms with van der Waals surface area (Å²) in [6, 6.07) is 16.1. The molecule has 3 nitrogen and oxygen atoms in total. The summed E-state index contributed by atoms with van der Waals surface area (Å²) in [5.74, 6) is -1.38. The summed E-state index contributed by atoms with van der Waals surface area (Å²) in [5, 5.41) is 0. The van der Waals surface area contributed by atoms with Gasteiger partial charge in [0.05, 0.1) is 6.61 Å². The van der Waals surface area contributed by atoms with Crippen molar-refractivity contribution in [2.45, 2.75) is 27.2 Å². The third-order valence-electron chi connectivity index (χ3n) is 4.07. The lowest BCUT2D eigenvalue weighted by molar-refractivity contribution is -0.151. The molecule has 0 aromatic heterocycles. The summed E-state index contributed by atoms with van der Waals surface area (Å²) in [7, 11) is 0. The Kier molecular flexibility index (Phi) is 6.70. The lowest BCUT2D eigenvalue weighted by Crippen LogP contribution is -2.26. The van der Waals surface area contributed by atoms with Crippen molar-refractivity contribution in [3.63, 3.8) is 0 Å². The molecular formula is C22H24O3. The Morgan fingerprint density at radius 1 is 1.04 bits per heavy atom. The van der Waals surface area contributed by atoms with Crippen molar-refractivity contribution in [3.05, 3.63) is 70.8 Å². The van der Waals surface area contributed by atoms with Gasteiger partial charge in [-0.1, -0.05) is 66.2 Å². The van der Waals surface area contributed by atoms with E-state index in [-0.39, 0.29) is 12.4 Å². The number of carbonyl (C=O) groups excluding carboxylic acids is 2. The monoisotopic (exact) mass is 336 g/mol. The molecule has 0 aliphatic heterocycles. The molecule has 0 saturated heterocycles. The van der Waals surface area contributed by atoms with Crippen LogP contribution in [-0.2, 0) is 20.7 Å². The average molecular weight is 336 g/mol. The highest BCUT2D eigenvalue weighted by Gasteiger charge is 2.25. The number of hydrogen-bond donors (Lipinski definition) is 0. The first kappa shape index (κ1) is 18.7. The molecule has 2 rings (SSSR count). The number of esters is 1. The van der Waals surface area contributed by atoms with Crippen molar-refractivity contribution in [1.82, 2.24) is 0 Å². The number of aryl methyl sites for hydroxylation is 1. The average Bonchev–Trinajstić information content (AvgIpc) is 2.60. The molecule has 0 N–H and O–H groups in total. The zero-order chi connectivity index (χ0) is 18.2. The molecule has 0 saturated carbocycles. The van der Waals surface area contributed by atoms with Crippen LogP contribution in [0.5, 0.6) is 0 Å². The smallest absolute Gasteiger partial charge is 0.316 e. The lowest BCUT2D eigenvalue weighted by Gasteiger charge is -2.14. The molecule has 0 fully saturated rings. The highest BCUT2D eigenvalue weighted by atomic mass is 16.5. The third kappa shape index (κ3) is 5.42. The molecule has 1 atom stereocenters. The van der Waals surface area contributed by atoms with E-state index in [4.69, 9.17) is 4.74 Å². The van der Waals surface area contributed by atoms with Crippen molar-refractivity contribution in [2.24, 2.45) is 5.92 Å². The number of ketones is 1. The van der Waals surface area contributed by atoms with E-state index < -0.39 is 11.9 Å². The van der Waals surface area contributed by atoms with Gasteiger partial charge in [0.25, 0.3) is 0 Å². The van der Waals surface area contributed by atoms with Gasteiger partial charge in [-0.05, 0) is 43.9 Å². The Morgan fingerprint density at radius 2 is 1.72 bits per heavy atom. The zero-order valence-electron chi connectivity index (χ0n) is 15.0.